The van der Waals surface area contributed by atoms with Crippen LogP contribution in [0.2, 0.25) is 0 Å². The summed E-state index contributed by atoms with van der Waals surface area (Å²) in [4.78, 5) is 16.5. The number of pyridine rings is 1. The van der Waals surface area contributed by atoms with E-state index < -0.39 is 5.97 Å². The van der Waals surface area contributed by atoms with E-state index in [9.17, 15) is 9.90 Å². The molecule has 0 unspecified atom stereocenters. The van der Waals surface area contributed by atoms with Crippen LogP contribution in [0.5, 0.6) is 5.75 Å². The predicted octanol–water partition coefficient (Wildman–Crippen LogP) is 3.49. The highest BCUT2D eigenvalue weighted by Crippen LogP contribution is 2.36. The standard InChI is InChI=1S/C14H15NO3S/c16-12-11-10(7-4-8-15-11)19-13(12)14(17)18-9-5-2-1-3-6-9/h4,7-9,16H,1-3,5-6H2. The first kappa shape index (κ1) is 12.4. The number of nitrogens with zero attached hydrogens (tertiary/aromatic N) is 1. The Hall–Kier alpha value is -1.62. The summed E-state index contributed by atoms with van der Waals surface area (Å²) in [7, 11) is 0. The summed E-state index contributed by atoms with van der Waals surface area (Å²) >= 11 is 1.23. The maximum absolute atomic E-state index is 12.1. The summed E-state index contributed by atoms with van der Waals surface area (Å²) < 4.78 is 6.27. The van der Waals surface area contributed by atoms with E-state index in [1.54, 1.807) is 12.3 Å². The lowest BCUT2D eigenvalue weighted by Crippen LogP contribution is -2.20. The summed E-state index contributed by atoms with van der Waals surface area (Å²) in [6.45, 7) is 0. The van der Waals surface area contributed by atoms with Gasteiger partial charge in [0, 0.05) is 6.20 Å². The maximum atomic E-state index is 12.1. The minimum absolute atomic E-state index is 0.00109. The number of fused-ring (bicyclic) bond motifs is 1. The third-order valence-electron chi connectivity index (χ3n) is 3.43. The molecule has 0 atom stereocenters. The minimum Gasteiger partial charge on any atom is -0.504 e. The molecule has 0 radical (unpaired) electrons. The Kier molecular flexibility index (Phi) is 3.38. The largest absolute Gasteiger partial charge is 0.504 e. The van der Waals surface area contributed by atoms with E-state index >= 15 is 0 Å². The molecule has 100 valence electrons. The highest BCUT2D eigenvalue weighted by molar-refractivity contribution is 7.21. The van der Waals surface area contributed by atoms with Crippen molar-refractivity contribution in [3.63, 3.8) is 0 Å². The number of hydrogen-bond acceptors (Lipinski definition) is 5. The van der Waals surface area contributed by atoms with Gasteiger partial charge in [-0.2, -0.15) is 0 Å². The first-order valence-electron chi connectivity index (χ1n) is 6.53. The van der Waals surface area contributed by atoms with Crippen molar-refractivity contribution in [3.05, 3.63) is 23.2 Å². The Labute approximate surface area is 115 Å². The molecule has 19 heavy (non-hydrogen) atoms. The van der Waals surface area contributed by atoms with Crippen molar-refractivity contribution in [1.29, 1.82) is 0 Å². The molecule has 0 bridgehead atoms. The second kappa shape index (κ2) is 5.17. The van der Waals surface area contributed by atoms with Crippen molar-refractivity contribution in [2.45, 2.75) is 38.2 Å². The lowest BCUT2D eigenvalue weighted by atomic mass is 9.98. The topological polar surface area (TPSA) is 59.4 Å². The van der Waals surface area contributed by atoms with Crippen LogP contribution in [0, 0.1) is 0 Å². The van der Waals surface area contributed by atoms with Crippen LogP contribution < -0.4 is 0 Å². The molecular formula is C14H15NO3S. The fourth-order valence-corrected chi connectivity index (χ4v) is 3.38. The van der Waals surface area contributed by atoms with E-state index in [1.165, 1.54) is 17.8 Å². The van der Waals surface area contributed by atoms with Gasteiger partial charge in [0.2, 0.25) is 0 Å². The second-order valence-electron chi connectivity index (χ2n) is 4.80. The molecule has 2 aromatic heterocycles. The quantitative estimate of drug-likeness (QED) is 0.854. The molecule has 5 heteroatoms. The number of rotatable bonds is 2. The van der Waals surface area contributed by atoms with Crippen LogP contribution in [0.1, 0.15) is 41.8 Å². The van der Waals surface area contributed by atoms with Gasteiger partial charge in [-0.1, -0.05) is 6.42 Å². The molecule has 0 aliphatic heterocycles. The van der Waals surface area contributed by atoms with E-state index in [0.29, 0.717) is 5.52 Å². The Morgan fingerprint density at radius 3 is 2.89 bits per heavy atom. The number of aromatic nitrogens is 1. The number of hydrogen-bond donors (Lipinski definition) is 1. The second-order valence-corrected chi connectivity index (χ2v) is 5.85. The molecule has 1 aliphatic rings. The van der Waals surface area contributed by atoms with Crippen molar-refractivity contribution in [2.24, 2.45) is 0 Å². The molecule has 4 nitrogen and oxygen atoms in total. The summed E-state index contributed by atoms with van der Waals surface area (Å²) in [5.74, 6) is -0.478. The van der Waals surface area contributed by atoms with Crippen LogP contribution in [0.4, 0.5) is 0 Å². The van der Waals surface area contributed by atoms with E-state index in [1.807, 2.05) is 6.07 Å². The third kappa shape index (κ3) is 2.42. The Balaban J connectivity index is 1.83. The van der Waals surface area contributed by atoms with Crippen molar-refractivity contribution >= 4 is 27.5 Å². The van der Waals surface area contributed by atoms with E-state index in [4.69, 9.17) is 4.74 Å². The molecule has 0 spiro atoms. The SMILES string of the molecule is O=C(OC1CCCCC1)c1sc2cccnc2c1O. The first-order valence-corrected chi connectivity index (χ1v) is 7.35. The van der Waals surface area contributed by atoms with Gasteiger partial charge in [0.05, 0.1) is 4.70 Å². The summed E-state index contributed by atoms with van der Waals surface area (Å²) in [5.41, 5.74) is 0.475. The van der Waals surface area contributed by atoms with Crippen LogP contribution in [-0.2, 0) is 4.74 Å². The molecule has 1 fully saturated rings. The molecule has 1 N–H and O–H groups in total. The smallest absolute Gasteiger partial charge is 0.352 e. The normalized spacial score (nSPS) is 16.6. The van der Waals surface area contributed by atoms with Crippen molar-refractivity contribution in [1.82, 2.24) is 4.98 Å². The van der Waals surface area contributed by atoms with Gasteiger partial charge in [0.1, 0.15) is 11.6 Å². The Bertz CT molecular complexity index is 602. The van der Waals surface area contributed by atoms with Crippen molar-refractivity contribution < 1.29 is 14.6 Å². The zero-order valence-corrected chi connectivity index (χ0v) is 11.3. The maximum Gasteiger partial charge on any atom is 0.352 e. The summed E-state index contributed by atoms with van der Waals surface area (Å²) in [6, 6.07) is 3.62. The van der Waals surface area contributed by atoms with Gasteiger partial charge in [-0.3, -0.25) is 4.98 Å². The number of thiophene rings is 1. The lowest BCUT2D eigenvalue weighted by Gasteiger charge is -2.21. The third-order valence-corrected chi connectivity index (χ3v) is 4.55. The number of aromatic hydroxyl groups is 1. The highest BCUT2D eigenvalue weighted by Gasteiger charge is 2.24. The number of esters is 1. The van der Waals surface area contributed by atoms with E-state index in [0.717, 1.165) is 30.4 Å². The monoisotopic (exact) mass is 277 g/mol. The van der Waals surface area contributed by atoms with Crippen LogP contribution in [-0.4, -0.2) is 22.2 Å². The lowest BCUT2D eigenvalue weighted by molar-refractivity contribution is 0.0214. The van der Waals surface area contributed by atoms with Gasteiger partial charge in [0.15, 0.2) is 10.6 Å². The van der Waals surface area contributed by atoms with Gasteiger partial charge >= 0.3 is 5.97 Å². The minimum atomic E-state index is -0.424. The number of carbonyl (C=O) groups is 1. The molecule has 2 heterocycles. The fraction of sp³-hybridized carbons (Fsp3) is 0.429. The average molecular weight is 277 g/mol. The van der Waals surface area contributed by atoms with E-state index in [2.05, 4.69) is 4.98 Å². The van der Waals surface area contributed by atoms with Gasteiger partial charge in [-0.25, -0.2) is 4.79 Å². The van der Waals surface area contributed by atoms with Gasteiger partial charge in [0.25, 0.3) is 0 Å². The van der Waals surface area contributed by atoms with Crippen LogP contribution in [0.25, 0.3) is 10.2 Å². The zero-order valence-electron chi connectivity index (χ0n) is 10.5. The first-order chi connectivity index (χ1) is 9.25. The molecular weight excluding hydrogens is 262 g/mol. The predicted molar refractivity (Wildman–Crippen MR) is 73.6 cm³/mol. The van der Waals surface area contributed by atoms with Crippen molar-refractivity contribution in [2.75, 3.05) is 0 Å². The van der Waals surface area contributed by atoms with Crippen molar-refractivity contribution in [3.8, 4) is 5.75 Å². The Morgan fingerprint density at radius 1 is 1.37 bits per heavy atom. The number of carbonyl (C=O) groups excluding carboxylic acids is 1. The van der Waals surface area contributed by atoms with Crippen LogP contribution in [0.15, 0.2) is 18.3 Å². The fourth-order valence-electron chi connectivity index (χ4n) is 2.44. The summed E-state index contributed by atoms with van der Waals surface area (Å²) in [5, 5.41) is 10.0. The Morgan fingerprint density at radius 2 is 2.16 bits per heavy atom. The molecule has 0 saturated heterocycles. The zero-order chi connectivity index (χ0) is 13.2. The summed E-state index contributed by atoms with van der Waals surface area (Å²) in [6.07, 6.45) is 6.89. The molecule has 0 aromatic carbocycles. The van der Waals surface area contributed by atoms with Crippen LogP contribution >= 0.6 is 11.3 Å². The van der Waals surface area contributed by atoms with Gasteiger partial charge in [-0.05, 0) is 37.8 Å². The van der Waals surface area contributed by atoms with Gasteiger partial charge in [-0.15, -0.1) is 11.3 Å². The molecule has 0 amide bonds. The average Bonchev–Trinajstić information content (AvgIpc) is 2.78. The molecule has 1 saturated carbocycles. The molecule has 3 rings (SSSR count). The van der Waals surface area contributed by atoms with Gasteiger partial charge < -0.3 is 9.84 Å². The molecule has 2 aromatic rings. The highest BCUT2D eigenvalue weighted by atomic mass is 32.1. The van der Waals surface area contributed by atoms with E-state index in [-0.39, 0.29) is 16.7 Å². The number of ether oxygens (including phenoxy) is 1. The molecule has 1 aliphatic carbocycles. The van der Waals surface area contributed by atoms with Crippen LogP contribution in [0.3, 0.4) is 0 Å².